The molecule has 148 valence electrons. The van der Waals surface area contributed by atoms with Gasteiger partial charge in [-0.25, -0.2) is 13.6 Å². The summed E-state index contributed by atoms with van der Waals surface area (Å²) >= 11 is 0. The fraction of sp³-hybridized carbons (Fsp3) is 0.381. The van der Waals surface area contributed by atoms with Crippen LogP contribution in [0.15, 0.2) is 48.5 Å². The molecule has 2 aromatic carbocycles. The Balaban J connectivity index is 1.51. The standard InChI is InChI=1S/C21H21F2NO4/c22-15-6-7-18(19(23)8-15)21(26)9-16-12-27-13-17(10-21)24(16)20(25)28-11-14-4-2-1-3-5-14/h1-8,16-17,26H,9-13H2. The quantitative estimate of drug-likeness (QED) is 0.875. The van der Waals surface area contributed by atoms with E-state index in [1.54, 1.807) is 4.90 Å². The first-order chi connectivity index (χ1) is 13.5. The van der Waals surface area contributed by atoms with E-state index in [1.165, 1.54) is 6.07 Å². The molecule has 2 saturated heterocycles. The average Bonchev–Trinajstić information content (AvgIpc) is 2.66. The van der Waals surface area contributed by atoms with Crippen molar-refractivity contribution in [1.82, 2.24) is 4.90 Å². The predicted octanol–water partition coefficient (Wildman–Crippen LogP) is 3.35. The molecule has 1 amide bonds. The van der Waals surface area contributed by atoms with Gasteiger partial charge in [0.05, 0.1) is 30.9 Å². The number of benzene rings is 2. The van der Waals surface area contributed by atoms with Crippen molar-refractivity contribution in [2.24, 2.45) is 0 Å². The van der Waals surface area contributed by atoms with Crippen molar-refractivity contribution < 1.29 is 28.2 Å². The minimum absolute atomic E-state index is 0.0445. The van der Waals surface area contributed by atoms with E-state index in [1.807, 2.05) is 30.3 Å². The number of nitrogens with zero attached hydrogens (tertiary/aromatic N) is 1. The van der Waals surface area contributed by atoms with Crippen LogP contribution in [0.3, 0.4) is 0 Å². The van der Waals surface area contributed by atoms with E-state index >= 15 is 0 Å². The fourth-order valence-corrected chi connectivity index (χ4v) is 4.16. The van der Waals surface area contributed by atoms with E-state index in [0.717, 1.165) is 17.7 Å². The van der Waals surface area contributed by atoms with Gasteiger partial charge in [-0.15, -0.1) is 0 Å². The maximum absolute atomic E-state index is 14.3. The number of hydrogen-bond donors (Lipinski definition) is 1. The summed E-state index contributed by atoms with van der Waals surface area (Å²) in [6.45, 7) is 0.595. The molecule has 0 radical (unpaired) electrons. The molecule has 2 aliphatic rings. The number of morpholine rings is 1. The molecule has 28 heavy (non-hydrogen) atoms. The van der Waals surface area contributed by atoms with Gasteiger partial charge < -0.3 is 14.6 Å². The lowest BCUT2D eigenvalue weighted by Gasteiger charge is -2.51. The highest BCUT2D eigenvalue weighted by molar-refractivity contribution is 5.69. The Hall–Kier alpha value is -2.51. The molecule has 2 atom stereocenters. The second kappa shape index (κ2) is 7.48. The Kier molecular flexibility index (Phi) is 5.03. The third-order valence-corrected chi connectivity index (χ3v) is 5.40. The smallest absolute Gasteiger partial charge is 0.410 e. The molecule has 7 heteroatoms. The number of aliphatic hydroxyl groups is 1. The SMILES string of the molecule is O=C(OCc1ccccc1)N1C2COCC1CC(O)(c1ccc(F)cc1F)C2. The topological polar surface area (TPSA) is 59.0 Å². The van der Waals surface area contributed by atoms with Gasteiger partial charge in [0.15, 0.2) is 0 Å². The van der Waals surface area contributed by atoms with Crippen molar-refractivity contribution >= 4 is 6.09 Å². The Morgan fingerprint density at radius 2 is 1.82 bits per heavy atom. The molecule has 5 nitrogen and oxygen atoms in total. The number of rotatable bonds is 3. The first-order valence-electron chi connectivity index (χ1n) is 9.21. The Labute approximate surface area is 161 Å². The summed E-state index contributed by atoms with van der Waals surface area (Å²) in [5.74, 6) is -1.49. The molecule has 0 aliphatic carbocycles. The summed E-state index contributed by atoms with van der Waals surface area (Å²) in [6, 6.07) is 11.6. The van der Waals surface area contributed by atoms with Gasteiger partial charge in [0.25, 0.3) is 0 Å². The molecule has 0 aromatic heterocycles. The van der Waals surface area contributed by atoms with Crippen molar-refractivity contribution in [1.29, 1.82) is 0 Å². The summed E-state index contributed by atoms with van der Waals surface area (Å²) in [5.41, 5.74) is -0.574. The van der Waals surface area contributed by atoms with Crippen molar-refractivity contribution in [3.8, 4) is 0 Å². The van der Waals surface area contributed by atoms with Gasteiger partial charge in [-0.1, -0.05) is 36.4 Å². The van der Waals surface area contributed by atoms with E-state index in [9.17, 15) is 18.7 Å². The summed E-state index contributed by atoms with van der Waals surface area (Å²) in [4.78, 5) is 14.3. The normalized spacial score (nSPS) is 26.8. The highest BCUT2D eigenvalue weighted by Gasteiger charge is 2.50. The molecule has 2 unspecified atom stereocenters. The van der Waals surface area contributed by atoms with E-state index in [0.29, 0.717) is 0 Å². The predicted molar refractivity (Wildman–Crippen MR) is 96.3 cm³/mol. The Morgan fingerprint density at radius 3 is 2.46 bits per heavy atom. The Bertz CT molecular complexity index is 847. The first-order valence-corrected chi connectivity index (χ1v) is 9.21. The maximum Gasteiger partial charge on any atom is 0.410 e. The zero-order valence-corrected chi connectivity index (χ0v) is 15.2. The van der Waals surface area contributed by atoms with Crippen LogP contribution in [0, 0.1) is 11.6 Å². The third-order valence-electron chi connectivity index (χ3n) is 5.40. The van der Waals surface area contributed by atoms with Crippen LogP contribution in [-0.2, 0) is 21.7 Å². The van der Waals surface area contributed by atoms with Crippen molar-refractivity contribution in [2.45, 2.75) is 37.1 Å². The Morgan fingerprint density at radius 1 is 1.14 bits per heavy atom. The van der Waals surface area contributed by atoms with E-state index in [-0.39, 0.29) is 38.2 Å². The summed E-state index contributed by atoms with van der Waals surface area (Å²) in [5, 5.41) is 11.1. The molecule has 2 bridgehead atoms. The van der Waals surface area contributed by atoms with Gasteiger partial charge in [-0.05, 0) is 11.6 Å². The molecule has 0 spiro atoms. The van der Waals surface area contributed by atoms with Gasteiger partial charge >= 0.3 is 6.09 Å². The minimum Gasteiger partial charge on any atom is -0.445 e. The zero-order chi connectivity index (χ0) is 19.7. The molecule has 4 rings (SSSR count). The summed E-state index contributed by atoms with van der Waals surface area (Å²) in [6.07, 6.45) is -0.303. The lowest BCUT2D eigenvalue weighted by Crippen LogP contribution is -2.62. The highest BCUT2D eigenvalue weighted by Crippen LogP contribution is 2.42. The molecule has 0 saturated carbocycles. The number of hydrogen-bond acceptors (Lipinski definition) is 4. The van der Waals surface area contributed by atoms with E-state index < -0.39 is 35.4 Å². The molecular weight excluding hydrogens is 368 g/mol. The van der Waals surface area contributed by atoms with Crippen LogP contribution >= 0.6 is 0 Å². The molecule has 2 aliphatic heterocycles. The van der Waals surface area contributed by atoms with Crippen molar-refractivity contribution in [3.63, 3.8) is 0 Å². The van der Waals surface area contributed by atoms with Crippen LogP contribution in [0.1, 0.15) is 24.0 Å². The average molecular weight is 389 g/mol. The number of ether oxygens (including phenoxy) is 2. The van der Waals surface area contributed by atoms with Crippen LogP contribution in [0.25, 0.3) is 0 Å². The highest BCUT2D eigenvalue weighted by atomic mass is 19.1. The number of fused-ring (bicyclic) bond motifs is 2. The van der Waals surface area contributed by atoms with Crippen LogP contribution in [0.2, 0.25) is 0 Å². The molecule has 2 aromatic rings. The van der Waals surface area contributed by atoms with Crippen molar-refractivity contribution in [3.05, 3.63) is 71.3 Å². The molecule has 1 N–H and O–H groups in total. The molecule has 2 fully saturated rings. The second-order valence-corrected chi connectivity index (χ2v) is 7.36. The number of carbonyl (C=O) groups is 1. The second-order valence-electron chi connectivity index (χ2n) is 7.36. The van der Waals surface area contributed by atoms with Gasteiger partial charge in [0.2, 0.25) is 0 Å². The van der Waals surface area contributed by atoms with Crippen molar-refractivity contribution in [2.75, 3.05) is 13.2 Å². The van der Waals surface area contributed by atoms with Crippen LogP contribution in [-0.4, -0.2) is 41.4 Å². The van der Waals surface area contributed by atoms with Crippen LogP contribution in [0.5, 0.6) is 0 Å². The zero-order valence-electron chi connectivity index (χ0n) is 15.2. The van der Waals surface area contributed by atoms with E-state index in [2.05, 4.69) is 0 Å². The number of piperidine rings is 1. The van der Waals surface area contributed by atoms with Gasteiger partial charge in [0, 0.05) is 24.5 Å². The first kappa shape index (κ1) is 18.8. The fourth-order valence-electron chi connectivity index (χ4n) is 4.16. The summed E-state index contributed by atoms with van der Waals surface area (Å²) < 4.78 is 38.5. The third kappa shape index (κ3) is 3.59. The van der Waals surface area contributed by atoms with Crippen LogP contribution in [0.4, 0.5) is 13.6 Å². The largest absolute Gasteiger partial charge is 0.445 e. The van der Waals surface area contributed by atoms with Crippen LogP contribution < -0.4 is 0 Å². The molecule has 2 heterocycles. The van der Waals surface area contributed by atoms with Gasteiger partial charge in [-0.2, -0.15) is 0 Å². The minimum atomic E-state index is -1.49. The number of amides is 1. The van der Waals surface area contributed by atoms with Gasteiger partial charge in [0.1, 0.15) is 18.2 Å². The monoisotopic (exact) mass is 389 g/mol. The lowest BCUT2D eigenvalue weighted by molar-refractivity contribution is -0.137. The maximum atomic E-state index is 14.3. The van der Waals surface area contributed by atoms with Gasteiger partial charge in [-0.3, -0.25) is 4.90 Å². The van der Waals surface area contributed by atoms with E-state index in [4.69, 9.17) is 9.47 Å². The lowest BCUT2D eigenvalue weighted by atomic mass is 9.77. The number of carbonyl (C=O) groups excluding carboxylic acids is 1. The molecular formula is C21H21F2NO4. The number of halogens is 2. The summed E-state index contributed by atoms with van der Waals surface area (Å²) in [7, 11) is 0.